The summed E-state index contributed by atoms with van der Waals surface area (Å²) in [5.41, 5.74) is 2.22. The summed E-state index contributed by atoms with van der Waals surface area (Å²) >= 11 is 0. The number of piperazine rings is 1. The molecule has 0 aliphatic carbocycles. The van der Waals surface area contributed by atoms with Crippen molar-refractivity contribution >= 4 is 11.8 Å². The third-order valence-corrected chi connectivity index (χ3v) is 3.59. The lowest BCUT2D eigenvalue weighted by molar-refractivity contribution is -0.149. The topological polar surface area (TPSA) is 49.4 Å². The SMILES string of the molecule is CCC1NC(=O)C(C)N(Cc2cccc(C)c2)C1=O. The van der Waals surface area contributed by atoms with Crippen LogP contribution < -0.4 is 5.32 Å². The number of rotatable bonds is 3. The first kappa shape index (κ1) is 13.6. The van der Waals surface area contributed by atoms with Crippen LogP contribution in [0.15, 0.2) is 24.3 Å². The molecular weight excluding hydrogens is 240 g/mol. The van der Waals surface area contributed by atoms with E-state index in [2.05, 4.69) is 5.32 Å². The van der Waals surface area contributed by atoms with Crippen LogP contribution >= 0.6 is 0 Å². The number of hydrogen-bond donors (Lipinski definition) is 1. The molecule has 2 unspecified atom stereocenters. The van der Waals surface area contributed by atoms with Gasteiger partial charge >= 0.3 is 0 Å². The Hall–Kier alpha value is -1.84. The smallest absolute Gasteiger partial charge is 0.246 e. The quantitative estimate of drug-likeness (QED) is 0.898. The number of amides is 2. The zero-order valence-corrected chi connectivity index (χ0v) is 11.6. The fourth-order valence-electron chi connectivity index (χ4n) is 2.39. The number of aryl methyl sites for hydroxylation is 1. The van der Waals surface area contributed by atoms with Gasteiger partial charge in [-0.15, -0.1) is 0 Å². The highest BCUT2D eigenvalue weighted by atomic mass is 16.2. The third-order valence-electron chi connectivity index (χ3n) is 3.59. The van der Waals surface area contributed by atoms with Gasteiger partial charge in [0.1, 0.15) is 12.1 Å². The van der Waals surface area contributed by atoms with E-state index in [1.807, 2.05) is 38.1 Å². The maximum atomic E-state index is 12.3. The third kappa shape index (κ3) is 2.78. The van der Waals surface area contributed by atoms with Crippen LogP contribution in [0.25, 0.3) is 0 Å². The van der Waals surface area contributed by atoms with Crippen LogP contribution in [0, 0.1) is 6.92 Å². The largest absolute Gasteiger partial charge is 0.343 e. The van der Waals surface area contributed by atoms with E-state index in [1.54, 1.807) is 11.8 Å². The Balaban J connectivity index is 2.21. The van der Waals surface area contributed by atoms with E-state index in [0.717, 1.165) is 11.1 Å². The van der Waals surface area contributed by atoms with E-state index in [0.29, 0.717) is 13.0 Å². The molecule has 19 heavy (non-hydrogen) atoms. The van der Waals surface area contributed by atoms with E-state index in [-0.39, 0.29) is 17.9 Å². The van der Waals surface area contributed by atoms with Gasteiger partial charge in [-0.05, 0) is 25.8 Å². The van der Waals surface area contributed by atoms with Crippen LogP contribution in [0.4, 0.5) is 0 Å². The van der Waals surface area contributed by atoms with Gasteiger partial charge in [0.15, 0.2) is 0 Å². The molecule has 2 amide bonds. The molecule has 1 aromatic rings. The fourth-order valence-corrected chi connectivity index (χ4v) is 2.39. The lowest BCUT2D eigenvalue weighted by atomic mass is 10.0. The first-order valence-corrected chi connectivity index (χ1v) is 6.69. The highest BCUT2D eigenvalue weighted by Gasteiger charge is 2.36. The van der Waals surface area contributed by atoms with Gasteiger partial charge in [-0.1, -0.05) is 36.8 Å². The number of nitrogens with zero attached hydrogens (tertiary/aromatic N) is 1. The van der Waals surface area contributed by atoms with E-state index < -0.39 is 6.04 Å². The van der Waals surface area contributed by atoms with Crippen molar-refractivity contribution in [3.8, 4) is 0 Å². The maximum Gasteiger partial charge on any atom is 0.246 e. The average Bonchev–Trinajstić information content (AvgIpc) is 2.39. The molecule has 4 nitrogen and oxygen atoms in total. The van der Waals surface area contributed by atoms with Gasteiger partial charge in [-0.3, -0.25) is 9.59 Å². The monoisotopic (exact) mass is 260 g/mol. The van der Waals surface area contributed by atoms with E-state index >= 15 is 0 Å². The molecule has 2 atom stereocenters. The molecule has 0 spiro atoms. The molecule has 4 heteroatoms. The minimum atomic E-state index is -0.407. The van der Waals surface area contributed by atoms with Crippen molar-refractivity contribution in [1.82, 2.24) is 10.2 Å². The number of hydrogen-bond acceptors (Lipinski definition) is 2. The van der Waals surface area contributed by atoms with Crippen LogP contribution in [-0.4, -0.2) is 28.8 Å². The van der Waals surface area contributed by atoms with Gasteiger partial charge in [0, 0.05) is 6.54 Å². The molecule has 1 aromatic carbocycles. The normalized spacial score (nSPS) is 23.4. The summed E-state index contributed by atoms with van der Waals surface area (Å²) in [4.78, 5) is 25.9. The second-order valence-corrected chi connectivity index (χ2v) is 5.10. The zero-order chi connectivity index (χ0) is 14.0. The van der Waals surface area contributed by atoms with Crippen LogP contribution in [-0.2, 0) is 16.1 Å². The molecule has 1 N–H and O–H groups in total. The summed E-state index contributed by atoms with van der Waals surface area (Å²) in [6.45, 7) is 6.19. The summed E-state index contributed by atoms with van der Waals surface area (Å²) < 4.78 is 0. The van der Waals surface area contributed by atoms with Gasteiger partial charge in [-0.25, -0.2) is 0 Å². The summed E-state index contributed by atoms with van der Waals surface area (Å²) in [5, 5.41) is 2.76. The van der Waals surface area contributed by atoms with E-state index in [4.69, 9.17) is 0 Å². The molecule has 1 heterocycles. The maximum absolute atomic E-state index is 12.3. The van der Waals surface area contributed by atoms with Crippen LogP contribution in [0.5, 0.6) is 0 Å². The summed E-state index contributed by atoms with van der Waals surface area (Å²) in [5.74, 6) is -0.0600. The molecular formula is C15H20N2O2. The van der Waals surface area contributed by atoms with E-state index in [1.165, 1.54) is 0 Å². The van der Waals surface area contributed by atoms with Crippen molar-refractivity contribution < 1.29 is 9.59 Å². The number of benzene rings is 1. The molecule has 1 aliphatic heterocycles. The van der Waals surface area contributed by atoms with Crippen molar-refractivity contribution in [2.45, 2.75) is 45.8 Å². The lowest BCUT2D eigenvalue weighted by Gasteiger charge is -2.37. The molecule has 1 aliphatic rings. The first-order chi connectivity index (χ1) is 9.02. The molecule has 102 valence electrons. The predicted molar refractivity (Wildman–Crippen MR) is 73.4 cm³/mol. The van der Waals surface area contributed by atoms with Crippen molar-refractivity contribution in [2.75, 3.05) is 0 Å². The molecule has 2 rings (SSSR count). The van der Waals surface area contributed by atoms with Crippen LogP contribution in [0.3, 0.4) is 0 Å². The van der Waals surface area contributed by atoms with Gasteiger partial charge in [-0.2, -0.15) is 0 Å². The van der Waals surface area contributed by atoms with Gasteiger partial charge in [0.05, 0.1) is 0 Å². The Bertz CT molecular complexity index is 499. The average molecular weight is 260 g/mol. The lowest BCUT2D eigenvalue weighted by Crippen LogP contribution is -2.61. The van der Waals surface area contributed by atoms with Gasteiger partial charge in [0.25, 0.3) is 0 Å². The second-order valence-electron chi connectivity index (χ2n) is 5.10. The minimum Gasteiger partial charge on any atom is -0.343 e. The number of carbonyl (C=O) groups excluding carboxylic acids is 2. The van der Waals surface area contributed by atoms with Crippen LogP contribution in [0.2, 0.25) is 0 Å². The Morgan fingerprint density at radius 1 is 1.32 bits per heavy atom. The van der Waals surface area contributed by atoms with Gasteiger partial charge in [0.2, 0.25) is 11.8 Å². The van der Waals surface area contributed by atoms with E-state index in [9.17, 15) is 9.59 Å². The Morgan fingerprint density at radius 2 is 2.05 bits per heavy atom. The van der Waals surface area contributed by atoms with Crippen LogP contribution in [0.1, 0.15) is 31.4 Å². The van der Waals surface area contributed by atoms with Crippen molar-refractivity contribution in [2.24, 2.45) is 0 Å². The Morgan fingerprint density at radius 3 is 2.68 bits per heavy atom. The molecule has 0 bridgehead atoms. The highest BCUT2D eigenvalue weighted by molar-refractivity contribution is 5.96. The molecule has 1 saturated heterocycles. The Labute approximate surface area is 113 Å². The van der Waals surface area contributed by atoms with Crippen molar-refractivity contribution in [1.29, 1.82) is 0 Å². The standard InChI is InChI=1S/C15H20N2O2/c1-4-13-15(19)17(11(3)14(18)16-13)9-12-7-5-6-10(2)8-12/h5-8,11,13H,4,9H2,1-3H3,(H,16,18). The van der Waals surface area contributed by atoms with Crippen molar-refractivity contribution in [3.63, 3.8) is 0 Å². The minimum absolute atomic E-state index is 0.0103. The number of carbonyl (C=O) groups is 2. The Kier molecular flexibility index (Phi) is 3.88. The molecule has 0 aromatic heterocycles. The summed E-state index contributed by atoms with van der Waals surface area (Å²) in [6, 6.07) is 7.24. The fraction of sp³-hybridized carbons (Fsp3) is 0.467. The van der Waals surface area contributed by atoms with Crippen molar-refractivity contribution in [3.05, 3.63) is 35.4 Å². The molecule has 1 fully saturated rings. The first-order valence-electron chi connectivity index (χ1n) is 6.69. The second kappa shape index (κ2) is 5.43. The highest BCUT2D eigenvalue weighted by Crippen LogP contribution is 2.16. The summed E-state index contributed by atoms with van der Waals surface area (Å²) in [7, 11) is 0. The van der Waals surface area contributed by atoms with Gasteiger partial charge < -0.3 is 10.2 Å². The number of nitrogens with one attached hydrogen (secondary N) is 1. The predicted octanol–water partition coefficient (Wildman–Crippen LogP) is 1.62. The molecule has 0 saturated carbocycles. The summed E-state index contributed by atoms with van der Waals surface area (Å²) in [6.07, 6.45) is 0.627. The molecule has 0 radical (unpaired) electrons. The zero-order valence-electron chi connectivity index (χ0n) is 11.6.